The van der Waals surface area contributed by atoms with Crippen LogP contribution < -0.4 is 10.5 Å². The molecule has 4 aromatic rings. The highest BCUT2D eigenvalue weighted by Gasteiger charge is 2.34. The van der Waals surface area contributed by atoms with Gasteiger partial charge in [0.1, 0.15) is 16.9 Å². The Balaban J connectivity index is 1.78. The van der Waals surface area contributed by atoms with Crippen LogP contribution in [0.25, 0.3) is 11.0 Å². The van der Waals surface area contributed by atoms with Gasteiger partial charge in [-0.3, -0.25) is 0 Å². The van der Waals surface area contributed by atoms with Gasteiger partial charge in [0, 0.05) is 12.2 Å². The third-order valence-corrected chi connectivity index (χ3v) is 5.74. The van der Waals surface area contributed by atoms with Crippen molar-refractivity contribution in [1.82, 2.24) is 0 Å². The summed E-state index contributed by atoms with van der Waals surface area (Å²) in [5, 5.41) is 11.7. The molecule has 2 heterocycles. The van der Waals surface area contributed by atoms with Crippen molar-refractivity contribution < 1.29 is 9.52 Å². The standard InChI is InChI=1S/C25H21NO3/c1-16-10-12-18(13-11-16)26-15-14-17-6-2-3-7-19(17)23(26)22-24(27)20-8-4-5-9-21(20)29-25(22)28/h2-13,23,27H,14-15H2,1H3. The molecule has 29 heavy (non-hydrogen) atoms. The Bertz CT molecular complexity index is 1260. The van der Waals surface area contributed by atoms with E-state index in [1.165, 1.54) is 11.1 Å². The molecule has 1 aromatic heterocycles. The zero-order valence-electron chi connectivity index (χ0n) is 16.1. The number of aryl methyl sites for hydroxylation is 1. The summed E-state index contributed by atoms with van der Waals surface area (Å²) in [5.41, 5.74) is 4.59. The molecule has 0 radical (unpaired) electrons. The second-order valence-electron chi connectivity index (χ2n) is 7.53. The molecule has 1 N–H and O–H groups in total. The van der Waals surface area contributed by atoms with Crippen LogP contribution in [0.4, 0.5) is 5.69 Å². The quantitative estimate of drug-likeness (QED) is 0.497. The predicted octanol–water partition coefficient (Wildman–Crippen LogP) is 4.96. The van der Waals surface area contributed by atoms with Gasteiger partial charge in [0.05, 0.1) is 11.4 Å². The van der Waals surface area contributed by atoms with Crippen molar-refractivity contribution in [1.29, 1.82) is 0 Å². The van der Waals surface area contributed by atoms with Crippen LogP contribution in [-0.2, 0) is 6.42 Å². The minimum atomic E-state index is -0.500. The first-order valence-electron chi connectivity index (χ1n) is 9.79. The lowest BCUT2D eigenvalue weighted by atomic mass is 9.87. The maximum atomic E-state index is 13.0. The average molecular weight is 383 g/mol. The fourth-order valence-corrected chi connectivity index (χ4v) is 4.28. The number of anilines is 1. The Morgan fingerprint density at radius 3 is 2.52 bits per heavy atom. The fourth-order valence-electron chi connectivity index (χ4n) is 4.28. The summed E-state index contributed by atoms with van der Waals surface area (Å²) in [6, 6.07) is 23.1. The lowest BCUT2D eigenvalue weighted by Crippen LogP contribution is -2.38. The fraction of sp³-hybridized carbons (Fsp3) is 0.160. The number of fused-ring (bicyclic) bond motifs is 2. The average Bonchev–Trinajstić information content (AvgIpc) is 2.74. The van der Waals surface area contributed by atoms with Crippen molar-refractivity contribution in [3.63, 3.8) is 0 Å². The third-order valence-electron chi connectivity index (χ3n) is 5.74. The summed E-state index contributed by atoms with van der Waals surface area (Å²) in [6.07, 6.45) is 0.875. The third kappa shape index (κ3) is 2.88. The lowest BCUT2D eigenvalue weighted by molar-refractivity contribution is 0.446. The summed E-state index contributed by atoms with van der Waals surface area (Å²) in [6.45, 7) is 2.80. The Morgan fingerprint density at radius 2 is 1.69 bits per heavy atom. The van der Waals surface area contributed by atoms with E-state index in [0.29, 0.717) is 11.0 Å². The number of hydrogen-bond acceptors (Lipinski definition) is 4. The van der Waals surface area contributed by atoms with Crippen LogP contribution in [0.15, 0.2) is 82.0 Å². The molecule has 0 saturated carbocycles. The van der Waals surface area contributed by atoms with E-state index in [1.807, 2.05) is 24.3 Å². The largest absolute Gasteiger partial charge is 0.507 e. The normalized spacial score (nSPS) is 16.0. The molecule has 0 saturated heterocycles. The highest BCUT2D eigenvalue weighted by molar-refractivity contribution is 5.84. The Kier molecular flexibility index (Phi) is 4.13. The molecule has 3 aromatic carbocycles. The number of rotatable bonds is 2. The Hall–Kier alpha value is -3.53. The van der Waals surface area contributed by atoms with Gasteiger partial charge in [0.15, 0.2) is 0 Å². The molecular weight excluding hydrogens is 362 g/mol. The van der Waals surface area contributed by atoms with Gasteiger partial charge < -0.3 is 14.4 Å². The number of para-hydroxylation sites is 1. The summed E-state index contributed by atoms with van der Waals surface area (Å²) < 4.78 is 5.60. The van der Waals surface area contributed by atoms with Gasteiger partial charge in [-0.15, -0.1) is 0 Å². The number of aromatic hydroxyl groups is 1. The molecule has 0 aliphatic carbocycles. The van der Waals surface area contributed by atoms with Gasteiger partial charge in [-0.2, -0.15) is 0 Å². The molecule has 0 amide bonds. The minimum absolute atomic E-state index is 0.00401. The molecule has 5 rings (SSSR count). The topological polar surface area (TPSA) is 53.7 Å². The molecular formula is C25H21NO3. The zero-order chi connectivity index (χ0) is 20.0. The number of hydrogen-bond donors (Lipinski definition) is 1. The van der Waals surface area contributed by atoms with Gasteiger partial charge >= 0.3 is 5.63 Å². The summed E-state index contributed by atoms with van der Waals surface area (Å²) in [4.78, 5) is 15.2. The SMILES string of the molecule is Cc1ccc(N2CCc3ccccc3C2c2c(O)c3ccccc3oc2=O)cc1. The maximum absolute atomic E-state index is 13.0. The molecule has 1 unspecified atom stereocenters. The van der Waals surface area contributed by atoms with Gasteiger partial charge in [0.2, 0.25) is 0 Å². The van der Waals surface area contributed by atoms with Crippen molar-refractivity contribution in [2.24, 2.45) is 0 Å². The first kappa shape index (κ1) is 17.6. The molecule has 1 atom stereocenters. The highest BCUT2D eigenvalue weighted by Crippen LogP contribution is 2.41. The van der Waals surface area contributed by atoms with E-state index < -0.39 is 11.7 Å². The van der Waals surface area contributed by atoms with Crippen LogP contribution in [0.2, 0.25) is 0 Å². The van der Waals surface area contributed by atoms with E-state index >= 15 is 0 Å². The predicted molar refractivity (Wildman–Crippen MR) is 115 cm³/mol. The van der Waals surface area contributed by atoms with E-state index in [0.717, 1.165) is 24.2 Å². The zero-order valence-corrected chi connectivity index (χ0v) is 16.1. The summed E-state index contributed by atoms with van der Waals surface area (Å²) >= 11 is 0. The molecule has 0 fully saturated rings. The molecule has 0 spiro atoms. The van der Waals surface area contributed by atoms with Crippen molar-refractivity contribution in [2.75, 3.05) is 11.4 Å². The van der Waals surface area contributed by atoms with Crippen LogP contribution in [0.3, 0.4) is 0 Å². The first-order valence-corrected chi connectivity index (χ1v) is 9.79. The molecule has 144 valence electrons. The summed E-state index contributed by atoms with van der Waals surface area (Å²) in [5.74, 6) is -0.00401. The number of benzene rings is 3. The highest BCUT2D eigenvalue weighted by atomic mass is 16.4. The first-order chi connectivity index (χ1) is 14.1. The van der Waals surface area contributed by atoms with Crippen molar-refractivity contribution >= 4 is 16.7 Å². The second-order valence-corrected chi connectivity index (χ2v) is 7.53. The van der Waals surface area contributed by atoms with Crippen molar-refractivity contribution in [3.8, 4) is 5.75 Å². The van der Waals surface area contributed by atoms with Gasteiger partial charge in [-0.1, -0.05) is 54.1 Å². The number of nitrogens with zero attached hydrogens (tertiary/aromatic N) is 1. The van der Waals surface area contributed by atoms with E-state index in [9.17, 15) is 9.90 Å². The van der Waals surface area contributed by atoms with E-state index in [1.54, 1.807) is 18.2 Å². The molecule has 1 aliphatic rings. The molecule has 1 aliphatic heterocycles. The molecule has 4 heteroatoms. The van der Waals surface area contributed by atoms with Crippen LogP contribution in [0.1, 0.15) is 28.3 Å². The van der Waals surface area contributed by atoms with E-state index in [-0.39, 0.29) is 11.3 Å². The Morgan fingerprint density at radius 1 is 0.966 bits per heavy atom. The molecule has 0 bridgehead atoms. The second kappa shape index (κ2) is 6.82. The van der Waals surface area contributed by atoms with Gasteiger partial charge in [-0.05, 0) is 48.7 Å². The maximum Gasteiger partial charge on any atom is 0.345 e. The van der Waals surface area contributed by atoms with Crippen LogP contribution >= 0.6 is 0 Å². The van der Waals surface area contributed by atoms with Crippen LogP contribution in [0.5, 0.6) is 5.75 Å². The lowest BCUT2D eigenvalue weighted by Gasteiger charge is -2.39. The van der Waals surface area contributed by atoms with Crippen molar-refractivity contribution in [2.45, 2.75) is 19.4 Å². The van der Waals surface area contributed by atoms with Crippen LogP contribution in [0, 0.1) is 6.92 Å². The van der Waals surface area contributed by atoms with Gasteiger partial charge in [-0.25, -0.2) is 4.79 Å². The monoisotopic (exact) mass is 383 g/mol. The van der Waals surface area contributed by atoms with Crippen molar-refractivity contribution in [3.05, 3.63) is 105 Å². The van der Waals surface area contributed by atoms with Gasteiger partial charge in [0.25, 0.3) is 0 Å². The van der Waals surface area contributed by atoms with E-state index in [4.69, 9.17) is 4.42 Å². The van der Waals surface area contributed by atoms with E-state index in [2.05, 4.69) is 42.2 Å². The van der Waals surface area contributed by atoms with Crippen LogP contribution in [-0.4, -0.2) is 11.7 Å². The minimum Gasteiger partial charge on any atom is -0.507 e. The molecule has 4 nitrogen and oxygen atoms in total. The smallest absolute Gasteiger partial charge is 0.345 e. The Labute approximate surface area is 168 Å². The summed E-state index contributed by atoms with van der Waals surface area (Å²) in [7, 11) is 0.